The summed E-state index contributed by atoms with van der Waals surface area (Å²) in [5.74, 6) is 0. The number of thiophene rings is 1. The Morgan fingerprint density at radius 1 is 1.36 bits per heavy atom. The van der Waals surface area contributed by atoms with Crippen LogP contribution in [-0.2, 0) is 5.60 Å². The largest absolute Gasteiger partial charge is 0.421 e. The summed E-state index contributed by atoms with van der Waals surface area (Å²) in [6, 6.07) is 1.02. The first-order chi connectivity index (χ1) is 6.16. The lowest BCUT2D eigenvalue weighted by Crippen LogP contribution is -2.39. The highest BCUT2D eigenvalue weighted by Crippen LogP contribution is 2.45. The van der Waals surface area contributed by atoms with Gasteiger partial charge in [0.25, 0.3) is 0 Å². The van der Waals surface area contributed by atoms with Gasteiger partial charge in [-0.3, -0.25) is 0 Å². The molecule has 0 saturated heterocycles. The summed E-state index contributed by atoms with van der Waals surface area (Å²) in [5, 5.41) is 9.26. The van der Waals surface area contributed by atoms with Crippen molar-refractivity contribution in [2.75, 3.05) is 0 Å². The standard InChI is InChI=1S/C7H5Cl2F3OS/c1-6(13,7(10,11)12)3-2-4(8)14-5(3)9/h2,13H,1H3. The number of alkyl halides is 3. The molecule has 0 aliphatic heterocycles. The molecule has 0 amide bonds. The van der Waals surface area contributed by atoms with Crippen LogP contribution in [0.1, 0.15) is 12.5 Å². The van der Waals surface area contributed by atoms with E-state index in [9.17, 15) is 18.3 Å². The van der Waals surface area contributed by atoms with Gasteiger partial charge in [0.15, 0.2) is 5.60 Å². The number of aliphatic hydroxyl groups is 1. The van der Waals surface area contributed by atoms with Gasteiger partial charge in [0, 0.05) is 5.56 Å². The molecule has 80 valence electrons. The maximum absolute atomic E-state index is 12.4. The lowest BCUT2D eigenvalue weighted by Gasteiger charge is -2.25. The summed E-state index contributed by atoms with van der Waals surface area (Å²) in [7, 11) is 0. The Hall–Kier alpha value is 0.0300. The van der Waals surface area contributed by atoms with Crippen molar-refractivity contribution in [1.29, 1.82) is 0 Å². The molecule has 1 rings (SSSR count). The molecule has 1 nitrogen and oxygen atoms in total. The van der Waals surface area contributed by atoms with Crippen molar-refractivity contribution in [1.82, 2.24) is 0 Å². The first kappa shape index (κ1) is 12.1. The van der Waals surface area contributed by atoms with Crippen LogP contribution in [0.15, 0.2) is 6.07 Å². The molecule has 0 aliphatic rings. The molecule has 1 N–H and O–H groups in total. The van der Waals surface area contributed by atoms with Gasteiger partial charge in [-0.1, -0.05) is 23.2 Å². The number of halogens is 5. The van der Waals surface area contributed by atoms with Crippen molar-refractivity contribution < 1.29 is 18.3 Å². The second-order valence-electron chi connectivity index (χ2n) is 2.81. The monoisotopic (exact) mass is 264 g/mol. The number of hydrogen-bond donors (Lipinski definition) is 1. The van der Waals surface area contributed by atoms with Crippen LogP contribution in [0.25, 0.3) is 0 Å². The van der Waals surface area contributed by atoms with E-state index in [-0.39, 0.29) is 8.67 Å². The van der Waals surface area contributed by atoms with E-state index in [4.69, 9.17) is 23.2 Å². The summed E-state index contributed by atoms with van der Waals surface area (Å²) >= 11 is 11.8. The summed E-state index contributed by atoms with van der Waals surface area (Å²) in [4.78, 5) is 0. The van der Waals surface area contributed by atoms with Gasteiger partial charge in [-0.25, -0.2) is 0 Å². The quantitative estimate of drug-likeness (QED) is 0.818. The van der Waals surface area contributed by atoms with E-state index in [1.54, 1.807) is 0 Å². The maximum atomic E-state index is 12.4. The van der Waals surface area contributed by atoms with Crippen LogP contribution >= 0.6 is 34.5 Å². The first-order valence-electron chi connectivity index (χ1n) is 3.40. The first-order valence-corrected chi connectivity index (χ1v) is 4.98. The molecule has 14 heavy (non-hydrogen) atoms. The Balaban J connectivity index is 3.22. The predicted octanol–water partition coefficient (Wildman–Crippen LogP) is 3.82. The normalized spacial score (nSPS) is 16.8. The zero-order valence-electron chi connectivity index (χ0n) is 6.82. The van der Waals surface area contributed by atoms with Gasteiger partial charge in [-0.15, -0.1) is 11.3 Å². The minimum atomic E-state index is -4.78. The van der Waals surface area contributed by atoms with Crippen molar-refractivity contribution >= 4 is 34.5 Å². The van der Waals surface area contributed by atoms with E-state index in [0.29, 0.717) is 6.92 Å². The molecule has 0 bridgehead atoms. The minimum Gasteiger partial charge on any atom is -0.376 e. The van der Waals surface area contributed by atoms with E-state index in [1.807, 2.05) is 0 Å². The highest BCUT2D eigenvalue weighted by Gasteiger charge is 2.52. The molecule has 1 unspecified atom stereocenters. The lowest BCUT2D eigenvalue weighted by atomic mass is 9.99. The molecule has 1 heterocycles. The van der Waals surface area contributed by atoms with Gasteiger partial charge in [0.1, 0.15) is 4.34 Å². The van der Waals surface area contributed by atoms with Gasteiger partial charge in [0.2, 0.25) is 0 Å². The fourth-order valence-corrected chi connectivity index (χ4v) is 2.49. The van der Waals surface area contributed by atoms with Crippen LogP contribution in [0.2, 0.25) is 8.67 Å². The minimum absolute atomic E-state index is 0.106. The van der Waals surface area contributed by atoms with Crippen molar-refractivity contribution in [3.63, 3.8) is 0 Å². The van der Waals surface area contributed by atoms with E-state index in [2.05, 4.69) is 0 Å². The fraction of sp³-hybridized carbons (Fsp3) is 0.429. The predicted molar refractivity (Wildman–Crippen MR) is 50.0 cm³/mol. The molecule has 0 saturated carbocycles. The van der Waals surface area contributed by atoms with E-state index >= 15 is 0 Å². The van der Waals surface area contributed by atoms with Crippen molar-refractivity contribution in [3.05, 3.63) is 20.3 Å². The lowest BCUT2D eigenvalue weighted by molar-refractivity contribution is -0.258. The molecule has 1 aromatic rings. The van der Waals surface area contributed by atoms with E-state index < -0.39 is 17.3 Å². The van der Waals surface area contributed by atoms with Gasteiger partial charge in [0.05, 0.1) is 4.34 Å². The van der Waals surface area contributed by atoms with Crippen molar-refractivity contribution in [3.8, 4) is 0 Å². The van der Waals surface area contributed by atoms with Crippen LogP contribution in [0.5, 0.6) is 0 Å². The Bertz CT molecular complexity index is 345. The smallest absolute Gasteiger partial charge is 0.376 e. The molecule has 0 aliphatic carbocycles. The Morgan fingerprint density at radius 3 is 2.14 bits per heavy atom. The third-order valence-electron chi connectivity index (χ3n) is 1.73. The molecule has 0 radical (unpaired) electrons. The third kappa shape index (κ3) is 2.00. The maximum Gasteiger partial charge on any atom is 0.421 e. The average molecular weight is 265 g/mol. The van der Waals surface area contributed by atoms with Gasteiger partial charge >= 0.3 is 6.18 Å². The second kappa shape index (κ2) is 3.56. The van der Waals surface area contributed by atoms with Crippen LogP contribution in [-0.4, -0.2) is 11.3 Å². The molecule has 1 atom stereocenters. The topological polar surface area (TPSA) is 20.2 Å². The molecule has 0 aromatic carbocycles. The zero-order chi connectivity index (χ0) is 11.1. The molecule has 1 aromatic heterocycles. The third-order valence-corrected chi connectivity index (χ3v) is 3.22. The molecule has 0 fully saturated rings. The molecule has 0 spiro atoms. The Labute approximate surface area is 92.1 Å². The van der Waals surface area contributed by atoms with Gasteiger partial charge < -0.3 is 5.11 Å². The van der Waals surface area contributed by atoms with Crippen LogP contribution < -0.4 is 0 Å². The molecular formula is C7H5Cl2F3OS. The average Bonchev–Trinajstić information content (AvgIpc) is 2.27. The van der Waals surface area contributed by atoms with Crippen LogP contribution in [0.4, 0.5) is 13.2 Å². The summed E-state index contributed by atoms with van der Waals surface area (Å²) in [6.45, 7) is 0.636. The van der Waals surface area contributed by atoms with Gasteiger partial charge in [-0.05, 0) is 13.0 Å². The van der Waals surface area contributed by atoms with Crippen molar-refractivity contribution in [2.24, 2.45) is 0 Å². The Morgan fingerprint density at radius 2 is 1.86 bits per heavy atom. The highest BCUT2D eigenvalue weighted by atomic mass is 35.5. The van der Waals surface area contributed by atoms with Gasteiger partial charge in [-0.2, -0.15) is 13.2 Å². The van der Waals surface area contributed by atoms with Crippen LogP contribution in [0, 0.1) is 0 Å². The summed E-state index contributed by atoms with van der Waals surface area (Å²) < 4.78 is 37.0. The van der Waals surface area contributed by atoms with E-state index in [1.165, 1.54) is 0 Å². The zero-order valence-corrected chi connectivity index (χ0v) is 9.15. The van der Waals surface area contributed by atoms with Crippen molar-refractivity contribution in [2.45, 2.75) is 18.7 Å². The number of hydrogen-bond acceptors (Lipinski definition) is 2. The molecule has 7 heteroatoms. The second-order valence-corrected chi connectivity index (χ2v) is 5.09. The summed E-state index contributed by atoms with van der Waals surface area (Å²) in [5.41, 5.74) is -3.38. The van der Waals surface area contributed by atoms with E-state index in [0.717, 1.165) is 17.4 Å². The molecular weight excluding hydrogens is 260 g/mol. The highest BCUT2D eigenvalue weighted by molar-refractivity contribution is 7.20. The summed E-state index contributed by atoms with van der Waals surface area (Å²) in [6.07, 6.45) is -4.78. The Kier molecular flexibility index (Phi) is 3.07. The van der Waals surface area contributed by atoms with Crippen LogP contribution in [0.3, 0.4) is 0 Å². The fourth-order valence-electron chi connectivity index (χ4n) is 0.825. The SMILES string of the molecule is CC(O)(c1cc(Cl)sc1Cl)C(F)(F)F. The number of rotatable bonds is 1.